The molecule has 7 heteroatoms. The fourth-order valence-electron chi connectivity index (χ4n) is 3.92. The van der Waals surface area contributed by atoms with E-state index in [1.165, 1.54) is 16.9 Å². The van der Waals surface area contributed by atoms with Crippen LogP contribution >= 0.6 is 27.3 Å². The summed E-state index contributed by atoms with van der Waals surface area (Å²) in [7, 11) is 0. The van der Waals surface area contributed by atoms with Crippen LogP contribution in [0.2, 0.25) is 0 Å². The molecule has 0 unspecified atom stereocenters. The first-order valence-electron chi connectivity index (χ1n) is 10.3. The lowest BCUT2D eigenvalue weighted by molar-refractivity contribution is 0.217. The van der Waals surface area contributed by atoms with Gasteiger partial charge >= 0.3 is 0 Å². The molecule has 0 aliphatic heterocycles. The van der Waals surface area contributed by atoms with Gasteiger partial charge in [0.05, 0.1) is 10.9 Å². The van der Waals surface area contributed by atoms with E-state index in [2.05, 4.69) is 20.9 Å². The molecule has 0 saturated carbocycles. The van der Waals surface area contributed by atoms with Crippen LogP contribution in [0.5, 0.6) is 11.5 Å². The number of aromatic amines is 1. The van der Waals surface area contributed by atoms with Crippen LogP contribution in [0.15, 0.2) is 57.8 Å². The molecule has 0 saturated heterocycles. The molecule has 0 amide bonds. The maximum Gasteiger partial charge on any atom is 0.260 e. The van der Waals surface area contributed by atoms with Gasteiger partial charge in [-0.2, -0.15) is 0 Å². The number of H-pyrrole nitrogens is 1. The Hall–Kier alpha value is -2.64. The molecule has 2 aromatic heterocycles. The molecule has 31 heavy (non-hydrogen) atoms. The van der Waals surface area contributed by atoms with E-state index in [4.69, 9.17) is 14.5 Å². The monoisotopic (exact) mass is 496 g/mol. The van der Waals surface area contributed by atoms with Crippen molar-refractivity contribution >= 4 is 37.5 Å². The van der Waals surface area contributed by atoms with E-state index >= 15 is 0 Å². The molecule has 5 nitrogen and oxygen atoms in total. The number of halogens is 1. The maximum atomic E-state index is 12.9. The van der Waals surface area contributed by atoms with Crippen molar-refractivity contribution in [3.8, 4) is 22.9 Å². The van der Waals surface area contributed by atoms with E-state index in [1.54, 1.807) is 11.3 Å². The molecule has 0 bridgehead atoms. The number of nitrogens with one attached hydrogen (secondary N) is 1. The van der Waals surface area contributed by atoms with E-state index in [9.17, 15) is 4.79 Å². The quantitative estimate of drug-likeness (QED) is 0.345. The lowest BCUT2D eigenvalue weighted by Crippen LogP contribution is -2.12. The van der Waals surface area contributed by atoms with Crippen molar-refractivity contribution in [1.82, 2.24) is 9.97 Å². The van der Waals surface area contributed by atoms with Crippen LogP contribution in [-0.2, 0) is 12.8 Å². The Labute approximate surface area is 192 Å². The Kier molecular flexibility index (Phi) is 5.78. The number of hydrogen-bond donors (Lipinski definition) is 1. The largest absolute Gasteiger partial charge is 0.490 e. The predicted octanol–water partition coefficient (Wildman–Crippen LogP) is 5.75. The summed E-state index contributed by atoms with van der Waals surface area (Å²) in [6, 6.07) is 15.3. The number of hydrogen-bond acceptors (Lipinski definition) is 5. The Bertz CT molecular complexity index is 1280. The van der Waals surface area contributed by atoms with Crippen molar-refractivity contribution in [3.05, 3.63) is 73.8 Å². The fraction of sp³-hybridized carbons (Fsp3) is 0.250. The number of aromatic nitrogens is 2. The number of ether oxygens (including phenoxy) is 2. The SMILES string of the molecule is O=c1[nH]c(-c2ccccc2OCCOc2ccc(Br)cc2)nc2sc3c(c12)CCCC3. The molecule has 2 heterocycles. The second-order valence-electron chi connectivity index (χ2n) is 7.45. The van der Waals surface area contributed by atoms with Gasteiger partial charge in [-0.15, -0.1) is 11.3 Å². The van der Waals surface area contributed by atoms with Gasteiger partial charge in [-0.25, -0.2) is 4.98 Å². The Morgan fingerprint density at radius 2 is 1.77 bits per heavy atom. The van der Waals surface area contributed by atoms with Crippen molar-refractivity contribution < 1.29 is 9.47 Å². The molecule has 1 aliphatic carbocycles. The minimum absolute atomic E-state index is 0.0622. The van der Waals surface area contributed by atoms with E-state index in [0.717, 1.165) is 45.3 Å². The fourth-order valence-corrected chi connectivity index (χ4v) is 5.45. The summed E-state index contributed by atoms with van der Waals surface area (Å²) >= 11 is 5.07. The molecular formula is C24H21BrN2O3S. The van der Waals surface area contributed by atoms with Gasteiger partial charge in [0.25, 0.3) is 5.56 Å². The first kappa shape index (κ1) is 20.3. The van der Waals surface area contributed by atoms with Gasteiger partial charge < -0.3 is 14.5 Å². The third kappa shape index (κ3) is 4.25. The zero-order valence-corrected chi connectivity index (χ0v) is 19.2. The standard InChI is InChI=1S/C24H21BrN2O3S/c25-15-9-11-16(12-10-15)29-13-14-30-19-7-3-1-5-17(19)22-26-23(28)21-18-6-2-4-8-20(18)31-24(21)27-22/h1,3,5,7,9-12H,2,4,6,8,13-14H2,(H,26,27,28). The minimum Gasteiger partial charge on any atom is -0.490 e. The minimum atomic E-state index is -0.0622. The van der Waals surface area contributed by atoms with Crippen LogP contribution in [-0.4, -0.2) is 23.2 Å². The first-order chi connectivity index (χ1) is 15.2. The summed E-state index contributed by atoms with van der Waals surface area (Å²) in [6.45, 7) is 0.795. The average molecular weight is 497 g/mol. The molecule has 5 rings (SSSR count). The average Bonchev–Trinajstić information content (AvgIpc) is 3.17. The lowest BCUT2D eigenvalue weighted by atomic mass is 9.97. The molecule has 4 aromatic rings. The highest BCUT2D eigenvalue weighted by atomic mass is 79.9. The zero-order valence-electron chi connectivity index (χ0n) is 16.8. The first-order valence-corrected chi connectivity index (χ1v) is 11.9. The summed E-state index contributed by atoms with van der Waals surface area (Å²) in [6.07, 6.45) is 4.34. The smallest absolute Gasteiger partial charge is 0.260 e. The predicted molar refractivity (Wildman–Crippen MR) is 127 cm³/mol. The highest BCUT2D eigenvalue weighted by Crippen LogP contribution is 2.35. The molecule has 1 N–H and O–H groups in total. The number of para-hydroxylation sites is 1. The van der Waals surface area contributed by atoms with Gasteiger partial charge in [-0.05, 0) is 67.6 Å². The van der Waals surface area contributed by atoms with Crippen LogP contribution in [0, 0.1) is 0 Å². The third-order valence-electron chi connectivity index (χ3n) is 5.39. The van der Waals surface area contributed by atoms with E-state index < -0.39 is 0 Å². The second kappa shape index (κ2) is 8.85. The summed E-state index contributed by atoms with van der Waals surface area (Å²) in [5.74, 6) is 2.00. The normalized spacial score (nSPS) is 13.2. The highest BCUT2D eigenvalue weighted by Gasteiger charge is 2.20. The van der Waals surface area contributed by atoms with Gasteiger partial charge in [0.15, 0.2) is 0 Å². The number of aryl methyl sites for hydroxylation is 2. The van der Waals surface area contributed by atoms with Crippen LogP contribution in [0.4, 0.5) is 0 Å². The molecule has 158 valence electrons. The Morgan fingerprint density at radius 3 is 2.65 bits per heavy atom. The lowest BCUT2D eigenvalue weighted by Gasteiger charge is -2.12. The molecule has 2 aromatic carbocycles. The van der Waals surface area contributed by atoms with Gasteiger partial charge in [0, 0.05) is 9.35 Å². The maximum absolute atomic E-state index is 12.9. The summed E-state index contributed by atoms with van der Waals surface area (Å²) < 4.78 is 12.7. The van der Waals surface area contributed by atoms with Crippen molar-refractivity contribution in [1.29, 1.82) is 0 Å². The summed E-state index contributed by atoms with van der Waals surface area (Å²) in [5.41, 5.74) is 1.91. The van der Waals surface area contributed by atoms with Crippen molar-refractivity contribution in [2.45, 2.75) is 25.7 Å². The Balaban J connectivity index is 1.36. The molecule has 0 atom stereocenters. The molecule has 1 aliphatic rings. The molecular weight excluding hydrogens is 476 g/mol. The van der Waals surface area contributed by atoms with Gasteiger partial charge in [-0.1, -0.05) is 28.1 Å². The van der Waals surface area contributed by atoms with Crippen LogP contribution in [0.1, 0.15) is 23.3 Å². The zero-order chi connectivity index (χ0) is 21.2. The third-order valence-corrected chi connectivity index (χ3v) is 7.10. The second-order valence-corrected chi connectivity index (χ2v) is 9.45. The number of fused-ring (bicyclic) bond motifs is 3. The van der Waals surface area contributed by atoms with Crippen molar-refractivity contribution in [2.75, 3.05) is 13.2 Å². The molecule has 0 radical (unpaired) electrons. The Morgan fingerprint density at radius 1 is 1.00 bits per heavy atom. The summed E-state index contributed by atoms with van der Waals surface area (Å²) in [5, 5.41) is 0.768. The van der Waals surface area contributed by atoms with E-state index in [1.807, 2.05) is 48.5 Å². The number of rotatable bonds is 6. The van der Waals surface area contributed by atoms with Gasteiger partial charge in [0.2, 0.25) is 0 Å². The van der Waals surface area contributed by atoms with E-state index in [-0.39, 0.29) is 5.56 Å². The topological polar surface area (TPSA) is 64.2 Å². The van der Waals surface area contributed by atoms with Gasteiger partial charge in [-0.3, -0.25) is 4.79 Å². The van der Waals surface area contributed by atoms with Gasteiger partial charge in [0.1, 0.15) is 35.4 Å². The number of benzene rings is 2. The van der Waals surface area contributed by atoms with E-state index in [0.29, 0.717) is 24.8 Å². The summed E-state index contributed by atoms with van der Waals surface area (Å²) in [4.78, 5) is 22.8. The number of nitrogens with zero attached hydrogens (tertiary/aromatic N) is 1. The molecule has 0 spiro atoms. The van der Waals surface area contributed by atoms with Crippen molar-refractivity contribution in [2.24, 2.45) is 0 Å². The number of thiophene rings is 1. The van der Waals surface area contributed by atoms with Crippen LogP contribution < -0.4 is 15.0 Å². The highest BCUT2D eigenvalue weighted by molar-refractivity contribution is 9.10. The van der Waals surface area contributed by atoms with Crippen LogP contribution in [0.3, 0.4) is 0 Å². The van der Waals surface area contributed by atoms with Crippen molar-refractivity contribution in [3.63, 3.8) is 0 Å². The van der Waals surface area contributed by atoms with Crippen LogP contribution in [0.25, 0.3) is 21.6 Å². The molecule has 0 fully saturated rings.